The number of ether oxygens (including phenoxy) is 1. The number of para-hydroxylation sites is 1. The fraction of sp³-hybridized carbons (Fsp3) is 0.235. The average molecular weight is 296 g/mol. The Hall–Kier alpha value is -2.87. The first-order valence-electron chi connectivity index (χ1n) is 6.94. The van der Waals surface area contributed by atoms with Crippen molar-refractivity contribution in [1.29, 1.82) is 5.26 Å². The van der Waals surface area contributed by atoms with Crippen LogP contribution in [0.5, 0.6) is 5.75 Å². The van der Waals surface area contributed by atoms with E-state index in [4.69, 9.17) is 4.74 Å². The summed E-state index contributed by atoms with van der Waals surface area (Å²) in [7, 11) is 0. The normalized spacial score (nSPS) is 11.5. The number of hydrogen-bond acceptors (Lipinski definition) is 4. The summed E-state index contributed by atoms with van der Waals surface area (Å²) in [5.41, 5.74) is 1.84. The smallest absolute Gasteiger partial charge is 0.269 e. The van der Waals surface area contributed by atoms with Crippen LogP contribution >= 0.6 is 0 Å². The van der Waals surface area contributed by atoms with Gasteiger partial charge in [0.25, 0.3) is 5.69 Å². The zero-order valence-electron chi connectivity index (χ0n) is 12.2. The number of nitro benzene ring substituents is 1. The third-order valence-electron chi connectivity index (χ3n) is 3.42. The first-order valence-corrected chi connectivity index (χ1v) is 6.94. The molecule has 0 radical (unpaired) electrons. The molecule has 112 valence electrons. The zero-order valence-corrected chi connectivity index (χ0v) is 12.2. The van der Waals surface area contributed by atoms with Crippen molar-refractivity contribution in [2.24, 2.45) is 0 Å². The molecule has 1 unspecified atom stereocenters. The monoisotopic (exact) mass is 296 g/mol. The van der Waals surface area contributed by atoms with Crippen LogP contribution in [0, 0.1) is 28.4 Å². The number of benzene rings is 2. The van der Waals surface area contributed by atoms with Crippen LogP contribution in [0.3, 0.4) is 0 Å². The molecule has 22 heavy (non-hydrogen) atoms. The van der Waals surface area contributed by atoms with E-state index < -0.39 is 4.92 Å². The maximum atomic E-state index is 10.6. The summed E-state index contributed by atoms with van der Waals surface area (Å²) >= 11 is 0. The standard InChI is InChI=1S/C17H16N2O3/c1-13-4-2-3-5-17(13)22-11-10-15(12-18)14-6-8-16(9-7-14)19(20)21/h2-9,15H,10-11H2,1H3. The minimum Gasteiger partial charge on any atom is -0.493 e. The van der Waals surface area contributed by atoms with Gasteiger partial charge in [-0.3, -0.25) is 10.1 Å². The van der Waals surface area contributed by atoms with E-state index >= 15 is 0 Å². The molecule has 0 amide bonds. The molecule has 0 spiro atoms. The highest BCUT2D eigenvalue weighted by Gasteiger charge is 2.13. The van der Waals surface area contributed by atoms with Gasteiger partial charge in [0.05, 0.1) is 23.5 Å². The third kappa shape index (κ3) is 3.83. The van der Waals surface area contributed by atoms with Gasteiger partial charge < -0.3 is 4.74 Å². The number of aryl methyl sites for hydroxylation is 1. The molecule has 0 saturated carbocycles. The number of nitro groups is 1. The highest BCUT2D eigenvalue weighted by atomic mass is 16.6. The molecule has 0 heterocycles. The second kappa shape index (κ2) is 7.23. The highest BCUT2D eigenvalue weighted by molar-refractivity contribution is 5.36. The lowest BCUT2D eigenvalue weighted by Crippen LogP contribution is -2.05. The number of hydrogen-bond donors (Lipinski definition) is 0. The predicted molar refractivity (Wildman–Crippen MR) is 82.7 cm³/mol. The molecule has 0 aliphatic rings. The predicted octanol–water partition coefficient (Wildman–Crippen LogP) is 3.98. The molecule has 0 aromatic heterocycles. The Bertz CT molecular complexity index is 690. The third-order valence-corrected chi connectivity index (χ3v) is 3.42. The molecular formula is C17H16N2O3. The summed E-state index contributed by atoms with van der Waals surface area (Å²) in [5, 5.41) is 19.9. The fourth-order valence-corrected chi connectivity index (χ4v) is 2.14. The minimum atomic E-state index is -0.452. The van der Waals surface area contributed by atoms with Crippen molar-refractivity contribution in [1.82, 2.24) is 0 Å². The zero-order chi connectivity index (χ0) is 15.9. The molecule has 0 aliphatic heterocycles. The summed E-state index contributed by atoms with van der Waals surface area (Å²) in [6.07, 6.45) is 0.530. The Labute approximate surface area is 128 Å². The van der Waals surface area contributed by atoms with Crippen molar-refractivity contribution in [2.75, 3.05) is 6.61 Å². The fourth-order valence-electron chi connectivity index (χ4n) is 2.14. The molecule has 2 aromatic rings. The van der Waals surface area contributed by atoms with Crippen LogP contribution < -0.4 is 4.74 Å². The van der Waals surface area contributed by atoms with Gasteiger partial charge in [-0.05, 0) is 24.1 Å². The van der Waals surface area contributed by atoms with E-state index in [1.165, 1.54) is 12.1 Å². The van der Waals surface area contributed by atoms with Crippen LogP contribution in [0.2, 0.25) is 0 Å². The molecule has 5 nitrogen and oxygen atoms in total. The quantitative estimate of drug-likeness (QED) is 0.596. The van der Waals surface area contributed by atoms with Crippen molar-refractivity contribution < 1.29 is 9.66 Å². The number of nitriles is 1. The van der Waals surface area contributed by atoms with Crippen LogP contribution in [0.1, 0.15) is 23.5 Å². The molecule has 0 saturated heterocycles. The lowest BCUT2D eigenvalue weighted by molar-refractivity contribution is -0.384. The van der Waals surface area contributed by atoms with Gasteiger partial charge >= 0.3 is 0 Å². The Morgan fingerprint density at radius 2 is 1.91 bits per heavy atom. The molecule has 5 heteroatoms. The largest absolute Gasteiger partial charge is 0.493 e. The Balaban J connectivity index is 1.96. The van der Waals surface area contributed by atoms with Gasteiger partial charge in [0.1, 0.15) is 5.75 Å². The van der Waals surface area contributed by atoms with Crippen molar-refractivity contribution in [3.63, 3.8) is 0 Å². The van der Waals surface area contributed by atoms with Crippen molar-refractivity contribution >= 4 is 5.69 Å². The first kappa shape index (κ1) is 15.5. The molecule has 0 N–H and O–H groups in total. The van der Waals surface area contributed by atoms with Gasteiger partial charge in [-0.2, -0.15) is 5.26 Å². The van der Waals surface area contributed by atoms with E-state index in [-0.39, 0.29) is 11.6 Å². The summed E-state index contributed by atoms with van der Waals surface area (Å²) in [4.78, 5) is 10.2. The van der Waals surface area contributed by atoms with E-state index in [1.54, 1.807) is 12.1 Å². The van der Waals surface area contributed by atoms with Crippen LogP contribution in [0.25, 0.3) is 0 Å². The van der Waals surface area contributed by atoms with Crippen molar-refractivity contribution in [2.45, 2.75) is 19.3 Å². The Morgan fingerprint density at radius 1 is 1.23 bits per heavy atom. The Morgan fingerprint density at radius 3 is 2.50 bits per heavy atom. The molecule has 0 bridgehead atoms. The number of rotatable bonds is 6. The summed E-state index contributed by atoms with van der Waals surface area (Å²) < 4.78 is 5.69. The first-order chi connectivity index (χ1) is 10.6. The van der Waals surface area contributed by atoms with Gasteiger partial charge in [0, 0.05) is 18.6 Å². The number of non-ortho nitro benzene ring substituents is 1. The van der Waals surface area contributed by atoms with Gasteiger partial charge in [-0.1, -0.05) is 30.3 Å². The molecule has 0 fully saturated rings. The maximum Gasteiger partial charge on any atom is 0.269 e. The molecule has 2 rings (SSSR count). The average Bonchev–Trinajstić information content (AvgIpc) is 2.53. The van der Waals surface area contributed by atoms with Crippen LogP contribution in [0.4, 0.5) is 5.69 Å². The molecule has 2 aromatic carbocycles. The van der Waals surface area contributed by atoms with E-state index in [2.05, 4.69) is 6.07 Å². The van der Waals surface area contributed by atoms with E-state index in [0.717, 1.165) is 16.9 Å². The maximum absolute atomic E-state index is 10.6. The summed E-state index contributed by atoms with van der Waals surface area (Å²) in [6.45, 7) is 2.38. The van der Waals surface area contributed by atoms with E-state index in [1.807, 2.05) is 31.2 Å². The SMILES string of the molecule is Cc1ccccc1OCCC(C#N)c1ccc([N+](=O)[O-])cc1. The van der Waals surface area contributed by atoms with Crippen molar-refractivity contribution in [3.8, 4) is 11.8 Å². The van der Waals surface area contributed by atoms with Crippen LogP contribution in [-0.4, -0.2) is 11.5 Å². The second-order valence-corrected chi connectivity index (χ2v) is 4.93. The Kier molecular flexibility index (Phi) is 5.10. The molecule has 1 atom stereocenters. The topological polar surface area (TPSA) is 76.2 Å². The van der Waals surface area contributed by atoms with Crippen LogP contribution in [0.15, 0.2) is 48.5 Å². The van der Waals surface area contributed by atoms with Gasteiger partial charge in [0.2, 0.25) is 0 Å². The lowest BCUT2D eigenvalue weighted by Gasteiger charge is -2.12. The second-order valence-electron chi connectivity index (χ2n) is 4.93. The summed E-state index contributed by atoms with van der Waals surface area (Å²) in [5.74, 6) is 0.465. The van der Waals surface area contributed by atoms with Crippen LogP contribution in [-0.2, 0) is 0 Å². The number of nitrogens with zero attached hydrogens (tertiary/aromatic N) is 2. The van der Waals surface area contributed by atoms with Gasteiger partial charge in [-0.15, -0.1) is 0 Å². The van der Waals surface area contributed by atoms with E-state index in [0.29, 0.717) is 13.0 Å². The lowest BCUT2D eigenvalue weighted by atomic mass is 9.97. The minimum absolute atomic E-state index is 0.0246. The highest BCUT2D eigenvalue weighted by Crippen LogP contribution is 2.23. The molecule has 0 aliphatic carbocycles. The van der Waals surface area contributed by atoms with Gasteiger partial charge in [-0.25, -0.2) is 0 Å². The van der Waals surface area contributed by atoms with Gasteiger partial charge in [0.15, 0.2) is 0 Å². The molecular weight excluding hydrogens is 280 g/mol. The summed E-state index contributed by atoms with van der Waals surface area (Å²) in [6, 6.07) is 16.0. The van der Waals surface area contributed by atoms with Crippen molar-refractivity contribution in [3.05, 3.63) is 69.8 Å². The van der Waals surface area contributed by atoms with E-state index in [9.17, 15) is 15.4 Å².